The molecule has 0 radical (unpaired) electrons. The molecule has 0 fully saturated rings. The minimum absolute atomic E-state index is 0.588. The second kappa shape index (κ2) is 4.83. The zero-order chi connectivity index (χ0) is 11.3. The van der Waals surface area contributed by atoms with E-state index < -0.39 is 0 Å². The minimum atomic E-state index is 0.588. The SMILES string of the molecule is [C-]#[N+]/N=C(\C)C1=CCC(C(C)=NC#N)=N1. The molecule has 0 saturated carbocycles. The van der Waals surface area contributed by atoms with Crippen LogP contribution in [0, 0.1) is 18.0 Å². The highest BCUT2D eigenvalue weighted by Crippen LogP contribution is 2.13. The van der Waals surface area contributed by atoms with Crippen molar-refractivity contribution >= 4 is 17.1 Å². The number of rotatable bonds is 2. The molecule has 0 bridgehead atoms. The Bertz CT molecular complexity index is 465. The van der Waals surface area contributed by atoms with Crippen LogP contribution in [0.5, 0.6) is 0 Å². The summed E-state index contributed by atoms with van der Waals surface area (Å²) in [6, 6.07) is 0. The van der Waals surface area contributed by atoms with Gasteiger partial charge in [-0.25, -0.2) is 4.99 Å². The van der Waals surface area contributed by atoms with Crippen LogP contribution in [0.4, 0.5) is 0 Å². The summed E-state index contributed by atoms with van der Waals surface area (Å²) in [7, 11) is 0. The smallest absolute Gasteiger partial charge is 0.205 e. The lowest BCUT2D eigenvalue weighted by Gasteiger charge is -1.94. The molecule has 0 aromatic rings. The quantitative estimate of drug-likeness (QED) is 0.290. The fraction of sp³-hybridized carbons (Fsp3) is 0.300. The van der Waals surface area contributed by atoms with Gasteiger partial charge >= 0.3 is 0 Å². The number of aliphatic imine (C=N–C) groups is 2. The summed E-state index contributed by atoms with van der Waals surface area (Å²) in [4.78, 5) is 10.8. The molecular weight excluding hydrogens is 190 g/mol. The summed E-state index contributed by atoms with van der Waals surface area (Å²) in [5.74, 6) is 0. The molecule has 0 aliphatic carbocycles. The average Bonchev–Trinajstić information content (AvgIpc) is 2.67. The molecule has 0 spiro atoms. The molecule has 0 saturated heterocycles. The van der Waals surface area contributed by atoms with Crippen LogP contribution in [0.15, 0.2) is 26.9 Å². The predicted octanol–water partition coefficient (Wildman–Crippen LogP) is 1.95. The normalized spacial score (nSPS) is 16.5. The van der Waals surface area contributed by atoms with E-state index in [2.05, 4.69) is 20.0 Å². The van der Waals surface area contributed by atoms with Crippen LogP contribution in [0.1, 0.15) is 20.3 Å². The van der Waals surface area contributed by atoms with Crippen LogP contribution in [0.25, 0.3) is 4.95 Å². The molecule has 1 heterocycles. The Morgan fingerprint density at radius 3 is 2.93 bits per heavy atom. The lowest BCUT2D eigenvalue weighted by molar-refractivity contribution is 1.42. The van der Waals surface area contributed by atoms with E-state index in [1.807, 2.05) is 6.08 Å². The van der Waals surface area contributed by atoms with Gasteiger partial charge in [-0.2, -0.15) is 16.8 Å². The van der Waals surface area contributed by atoms with Crippen LogP contribution in [-0.2, 0) is 0 Å². The first kappa shape index (κ1) is 10.8. The van der Waals surface area contributed by atoms with Gasteiger partial charge in [0.15, 0.2) is 0 Å². The van der Waals surface area contributed by atoms with E-state index >= 15 is 0 Å². The molecule has 74 valence electrons. The van der Waals surface area contributed by atoms with Crippen molar-refractivity contribution in [3.05, 3.63) is 23.3 Å². The minimum Gasteiger partial charge on any atom is -0.249 e. The Kier molecular flexibility index (Phi) is 3.48. The first-order valence-corrected chi connectivity index (χ1v) is 4.32. The van der Waals surface area contributed by atoms with Gasteiger partial charge in [0, 0.05) is 6.42 Å². The Morgan fingerprint density at radius 2 is 2.33 bits per heavy atom. The van der Waals surface area contributed by atoms with Gasteiger partial charge in [0.05, 0.1) is 22.2 Å². The fourth-order valence-electron chi connectivity index (χ4n) is 1.15. The lowest BCUT2D eigenvalue weighted by Crippen LogP contribution is -2.06. The zero-order valence-electron chi connectivity index (χ0n) is 8.52. The van der Waals surface area contributed by atoms with Crippen molar-refractivity contribution in [3.8, 4) is 6.19 Å². The van der Waals surface area contributed by atoms with E-state index in [4.69, 9.17) is 11.8 Å². The van der Waals surface area contributed by atoms with Gasteiger partial charge in [-0.3, -0.25) is 0 Å². The summed E-state index contributed by atoms with van der Waals surface area (Å²) in [5.41, 5.74) is 2.64. The van der Waals surface area contributed by atoms with E-state index in [0.717, 1.165) is 5.71 Å². The second-order valence-corrected chi connectivity index (χ2v) is 2.93. The topological polar surface area (TPSA) is 65.2 Å². The largest absolute Gasteiger partial charge is 0.249 e. The zero-order valence-corrected chi connectivity index (χ0v) is 8.52. The van der Waals surface area contributed by atoms with Crippen LogP contribution in [-0.4, -0.2) is 17.1 Å². The molecule has 0 unspecified atom stereocenters. The first-order valence-electron chi connectivity index (χ1n) is 4.32. The number of nitrogens with zero attached hydrogens (tertiary/aromatic N) is 5. The van der Waals surface area contributed by atoms with Gasteiger partial charge in [-0.15, -0.1) is 4.95 Å². The number of nitriles is 1. The Morgan fingerprint density at radius 1 is 1.60 bits per heavy atom. The second-order valence-electron chi connectivity index (χ2n) is 2.93. The maximum Gasteiger partial charge on any atom is 0.205 e. The predicted molar refractivity (Wildman–Crippen MR) is 58.6 cm³/mol. The highest BCUT2D eigenvalue weighted by Gasteiger charge is 2.14. The maximum absolute atomic E-state index is 8.38. The number of hydrogen-bond acceptors (Lipinski definition) is 4. The summed E-state index contributed by atoms with van der Waals surface area (Å²) in [6.07, 6.45) is 4.23. The molecule has 0 atom stereocenters. The third-order valence-corrected chi connectivity index (χ3v) is 1.95. The Balaban J connectivity index is 2.88. The van der Waals surface area contributed by atoms with E-state index in [0.29, 0.717) is 23.5 Å². The highest BCUT2D eigenvalue weighted by atomic mass is 15.2. The van der Waals surface area contributed by atoms with Crippen molar-refractivity contribution in [2.75, 3.05) is 0 Å². The lowest BCUT2D eigenvalue weighted by atomic mass is 10.2. The third kappa shape index (κ3) is 2.58. The molecule has 15 heavy (non-hydrogen) atoms. The van der Waals surface area contributed by atoms with Crippen LogP contribution < -0.4 is 0 Å². The third-order valence-electron chi connectivity index (χ3n) is 1.95. The molecule has 1 aliphatic heterocycles. The fourth-order valence-corrected chi connectivity index (χ4v) is 1.15. The summed E-state index contributed by atoms with van der Waals surface area (Å²) in [6.45, 7) is 10.1. The molecule has 1 aliphatic rings. The Labute approximate surface area is 88.0 Å². The van der Waals surface area contributed by atoms with Crippen molar-refractivity contribution in [2.45, 2.75) is 20.3 Å². The standard InChI is InChI=1S/C10H9N5/c1-7(13-6-11)9-4-5-10(14-9)8(2)15-12-3/h5H,4H2,1-2H3/b13-7?,15-8+. The summed E-state index contributed by atoms with van der Waals surface area (Å²) in [5, 5.41) is 12.0. The van der Waals surface area contributed by atoms with E-state index in [9.17, 15) is 0 Å². The molecule has 0 aromatic carbocycles. The Hall–Kier alpha value is -2.27. The maximum atomic E-state index is 8.38. The highest BCUT2D eigenvalue weighted by molar-refractivity contribution is 6.43. The average molecular weight is 199 g/mol. The molecule has 0 N–H and O–H groups in total. The van der Waals surface area contributed by atoms with Gasteiger partial charge in [0.25, 0.3) is 0 Å². The molecule has 5 heteroatoms. The molecular formula is C10H9N5. The van der Waals surface area contributed by atoms with Gasteiger partial charge in [-0.05, 0) is 13.8 Å². The molecule has 5 nitrogen and oxygen atoms in total. The van der Waals surface area contributed by atoms with E-state index in [1.165, 1.54) is 0 Å². The van der Waals surface area contributed by atoms with Crippen molar-refractivity contribution in [1.82, 2.24) is 0 Å². The molecule has 0 amide bonds. The summed E-state index contributed by atoms with van der Waals surface area (Å²) < 4.78 is 0. The van der Waals surface area contributed by atoms with Gasteiger partial charge in [0.1, 0.15) is 5.71 Å². The van der Waals surface area contributed by atoms with Gasteiger partial charge in [-0.1, -0.05) is 6.08 Å². The van der Waals surface area contributed by atoms with E-state index in [1.54, 1.807) is 20.0 Å². The molecule has 0 aromatic heterocycles. The van der Waals surface area contributed by atoms with Crippen molar-refractivity contribution < 1.29 is 0 Å². The van der Waals surface area contributed by atoms with Crippen LogP contribution in [0.3, 0.4) is 0 Å². The van der Waals surface area contributed by atoms with E-state index in [-0.39, 0.29) is 0 Å². The monoisotopic (exact) mass is 199 g/mol. The number of allylic oxidation sites excluding steroid dienone is 2. The summed E-state index contributed by atoms with van der Waals surface area (Å²) >= 11 is 0. The van der Waals surface area contributed by atoms with Crippen LogP contribution >= 0.6 is 0 Å². The van der Waals surface area contributed by atoms with Crippen molar-refractivity contribution in [3.63, 3.8) is 0 Å². The first-order chi connectivity index (χ1) is 7.19. The molecule has 1 rings (SSSR count). The van der Waals surface area contributed by atoms with Gasteiger partial charge < -0.3 is 0 Å². The van der Waals surface area contributed by atoms with Crippen molar-refractivity contribution in [2.24, 2.45) is 15.1 Å². The van der Waals surface area contributed by atoms with Crippen molar-refractivity contribution in [1.29, 1.82) is 5.26 Å². The van der Waals surface area contributed by atoms with Gasteiger partial charge in [0.2, 0.25) is 6.19 Å². The van der Waals surface area contributed by atoms with Crippen LogP contribution in [0.2, 0.25) is 0 Å². The number of hydrogen-bond donors (Lipinski definition) is 0.